The Kier molecular flexibility index (Phi) is 7.87. The van der Waals surface area contributed by atoms with E-state index >= 15 is 0 Å². The molecule has 0 spiro atoms. The number of aryl methyl sites for hydroxylation is 2. The van der Waals surface area contributed by atoms with Crippen LogP contribution in [-0.2, 0) is 34.2 Å². The number of pyridine rings is 1. The summed E-state index contributed by atoms with van der Waals surface area (Å²) in [5.41, 5.74) is 15.7. The van der Waals surface area contributed by atoms with Crippen LogP contribution in [0.25, 0.3) is 0 Å². The van der Waals surface area contributed by atoms with Gasteiger partial charge in [0.05, 0.1) is 10.5 Å². The summed E-state index contributed by atoms with van der Waals surface area (Å²) in [4.78, 5) is 17.8. The van der Waals surface area contributed by atoms with Gasteiger partial charge >= 0.3 is 0 Å². The number of hydrogen-bond acceptors (Lipinski definition) is 7. The standard InChI is InChI=1S/C12H16N2.C6H10N2O2S2.CH3NO/c1-7-11(8-5-6-8)12(13)9-3-2-4-10(9)14-7;1-6(2,9)4-3-8-5(11-4)12(7)10;2-1-3/h8H,2-6H2,1H3,(H2,13,14);3,9H,7H2,1-2H3;1H,(H2,2,3). The second-order valence-electron chi connectivity index (χ2n) is 7.56. The van der Waals surface area contributed by atoms with E-state index in [0.717, 1.165) is 35.8 Å². The second kappa shape index (κ2) is 9.75. The summed E-state index contributed by atoms with van der Waals surface area (Å²) >= 11 is 1.16. The molecule has 4 rings (SSSR count). The van der Waals surface area contributed by atoms with E-state index in [9.17, 15) is 9.32 Å². The molecule has 1 saturated carbocycles. The number of rotatable bonds is 3. The van der Waals surface area contributed by atoms with Gasteiger partial charge in [-0.05, 0) is 69.9 Å². The third kappa shape index (κ3) is 6.05. The minimum atomic E-state index is -1.55. The number of aromatic nitrogens is 2. The van der Waals surface area contributed by atoms with Crippen molar-refractivity contribution in [3.05, 3.63) is 33.6 Å². The molecule has 1 fully saturated rings. The summed E-state index contributed by atoms with van der Waals surface area (Å²) < 4.78 is 11.1. The van der Waals surface area contributed by atoms with E-state index in [0.29, 0.717) is 9.22 Å². The fourth-order valence-corrected chi connectivity index (χ4v) is 4.69. The monoisotopic (exact) mass is 439 g/mol. The number of carbonyl (C=O) groups is 1. The fourth-order valence-electron chi connectivity index (χ4n) is 3.28. The maximum absolute atomic E-state index is 10.7. The maximum atomic E-state index is 10.7. The van der Waals surface area contributed by atoms with Crippen molar-refractivity contribution in [2.24, 2.45) is 10.9 Å². The Morgan fingerprint density at radius 2 is 1.97 bits per heavy atom. The average molecular weight is 440 g/mol. The molecule has 0 aliphatic heterocycles. The van der Waals surface area contributed by atoms with Crippen LogP contribution < -0.4 is 16.6 Å². The zero-order valence-electron chi connectivity index (χ0n) is 17.0. The van der Waals surface area contributed by atoms with Crippen molar-refractivity contribution in [2.75, 3.05) is 5.73 Å². The lowest BCUT2D eigenvalue weighted by Gasteiger charge is -2.12. The van der Waals surface area contributed by atoms with Crippen molar-refractivity contribution in [2.45, 2.75) is 68.7 Å². The van der Waals surface area contributed by atoms with Gasteiger partial charge in [-0.25, -0.2) is 14.3 Å². The van der Waals surface area contributed by atoms with Crippen molar-refractivity contribution >= 4 is 34.4 Å². The van der Waals surface area contributed by atoms with E-state index in [1.54, 1.807) is 13.8 Å². The van der Waals surface area contributed by atoms with Crippen LogP contribution in [0.4, 0.5) is 5.69 Å². The van der Waals surface area contributed by atoms with Gasteiger partial charge in [-0.2, -0.15) is 0 Å². The summed E-state index contributed by atoms with van der Waals surface area (Å²) in [5, 5.41) is 14.6. The highest BCUT2D eigenvalue weighted by molar-refractivity contribution is 7.84. The van der Waals surface area contributed by atoms with E-state index in [2.05, 4.69) is 17.6 Å². The maximum Gasteiger partial charge on any atom is 0.204 e. The zero-order chi connectivity index (χ0) is 21.8. The molecule has 2 aliphatic carbocycles. The minimum absolute atomic E-state index is 0.250. The van der Waals surface area contributed by atoms with E-state index in [-0.39, 0.29) is 6.41 Å². The molecular weight excluding hydrogens is 410 g/mol. The lowest BCUT2D eigenvalue weighted by molar-refractivity contribution is -0.106. The number of aliphatic hydroxyl groups is 1. The lowest BCUT2D eigenvalue weighted by Crippen LogP contribution is -2.12. The Balaban J connectivity index is 0.000000185. The molecule has 10 heteroatoms. The number of nitrogens with zero attached hydrogens (tertiary/aromatic N) is 2. The SMILES string of the molecule is CC(C)(O)c1cnc(S(N)=O)s1.Cc1nc2c(c(N)c1C1CC1)CCC2.NC=O. The van der Waals surface area contributed by atoms with Gasteiger partial charge < -0.3 is 16.6 Å². The molecule has 1 unspecified atom stereocenters. The molecule has 2 aliphatic rings. The van der Waals surface area contributed by atoms with Gasteiger partial charge in [-0.15, -0.1) is 11.3 Å². The van der Waals surface area contributed by atoms with Crippen molar-refractivity contribution in [3.63, 3.8) is 0 Å². The van der Waals surface area contributed by atoms with Gasteiger partial charge in [0.2, 0.25) is 6.41 Å². The quantitative estimate of drug-likeness (QED) is 0.534. The van der Waals surface area contributed by atoms with Gasteiger partial charge in [0.25, 0.3) is 0 Å². The largest absolute Gasteiger partial charge is 0.398 e. The molecule has 2 aromatic rings. The van der Waals surface area contributed by atoms with Crippen LogP contribution in [0.15, 0.2) is 10.5 Å². The van der Waals surface area contributed by atoms with Crippen molar-refractivity contribution in [1.82, 2.24) is 9.97 Å². The first-order chi connectivity index (χ1) is 13.6. The van der Waals surface area contributed by atoms with Gasteiger partial charge in [0.1, 0.15) is 0 Å². The van der Waals surface area contributed by atoms with Crippen LogP contribution in [0.1, 0.15) is 66.4 Å². The number of primary amides is 1. The topological polar surface area (TPSA) is 158 Å². The number of fused-ring (bicyclic) bond motifs is 1. The van der Waals surface area contributed by atoms with E-state index in [4.69, 9.17) is 20.7 Å². The predicted octanol–water partition coefficient (Wildman–Crippen LogP) is 1.79. The molecule has 2 heterocycles. The molecule has 0 radical (unpaired) electrons. The first-order valence-electron chi connectivity index (χ1n) is 9.38. The number of amides is 1. The number of hydrogen-bond donors (Lipinski definition) is 4. The van der Waals surface area contributed by atoms with E-state index in [1.165, 1.54) is 48.0 Å². The zero-order valence-corrected chi connectivity index (χ0v) is 18.6. The Morgan fingerprint density at radius 1 is 1.34 bits per heavy atom. The summed E-state index contributed by atoms with van der Waals surface area (Å²) in [6.07, 6.45) is 7.88. The van der Waals surface area contributed by atoms with Crippen LogP contribution in [0.2, 0.25) is 0 Å². The molecule has 29 heavy (non-hydrogen) atoms. The number of nitrogens with two attached hydrogens (primary N) is 3. The van der Waals surface area contributed by atoms with Crippen molar-refractivity contribution in [3.8, 4) is 0 Å². The average Bonchev–Trinajstić information content (AvgIpc) is 3.12. The van der Waals surface area contributed by atoms with E-state index in [1.807, 2.05) is 0 Å². The van der Waals surface area contributed by atoms with Crippen LogP contribution >= 0.6 is 11.3 Å². The molecule has 7 N–H and O–H groups in total. The Labute approximate surface area is 177 Å². The number of anilines is 1. The third-order valence-electron chi connectivity index (χ3n) is 4.74. The van der Waals surface area contributed by atoms with Gasteiger partial charge in [-0.3, -0.25) is 9.78 Å². The Hall–Kier alpha value is -1.88. The van der Waals surface area contributed by atoms with Crippen molar-refractivity contribution in [1.29, 1.82) is 0 Å². The van der Waals surface area contributed by atoms with Crippen LogP contribution in [0.5, 0.6) is 0 Å². The molecule has 1 amide bonds. The van der Waals surface area contributed by atoms with Crippen LogP contribution in [-0.4, -0.2) is 25.7 Å². The molecule has 2 aromatic heterocycles. The Morgan fingerprint density at radius 3 is 2.41 bits per heavy atom. The number of nitrogen functional groups attached to an aromatic ring is 1. The third-order valence-corrected chi connectivity index (χ3v) is 7.04. The van der Waals surface area contributed by atoms with Crippen LogP contribution in [0.3, 0.4) is 0 Å². The second-order valence-corrected chi connectivity index (χ2v) is 9.83. The van der Waals surface area contributed by atoms with Crippen molar-refractivity contribution < 1.29 is 14.1 Å². The highest BCUT2D eigenvalue weighted by Gasteiger charge is 2.30. The summed E-state index contributed by atoms with van der Waals surface area (Å²) in [6, 6.07) is 0. The molecule has 1 atom stereocenters. The summed E-state index contributed by atoms with van der Waals surface area (Å²) in [5.74, 6) is 0.730. The number of thiazole rings is 1. The minimum Gasteiger partial charge on any atom is -0.398 e. The van der Waals surface area contributed by atoms with Gasteiger partial charge in [0.15, 0.2) is 15.3 Å². The lowest BCUT2D eigenvalue weighted by atomic mass is 10.0. The summed E-state index contributed by atoms with van der Waals surface area (Å²) in [7, 11) is -1.55. The normalized spacial score (nSPS) is 16.0. The number of carbonyl (C=O) groups excluding carboxylic acids is 1. The highest BCUT2D eigenvalue weighted by Crippen LogP contribution is 2.46. The smallest absolute Gasteiger partial charge is 0.204 e. The summed E-state index contributed by atoms with van der Waals surface area (Å²) in [6.45, 7) is 5.40. The molecule has 0 saturated heterocycles. The molecule has 0 bridgehead atoms. The highest BCUT2D eigenvalue weighted by atomic mass is 32.2. The van der Waals surface area contributed by atoms with Crippen LogP contribution in [0, 0.1) is 6.92 Å². The fraction of sp³-hybridized carbons (Fsp3) is 0.526. The molecule has 8 nitrogen and oxygen atoms in total. The Bertz CT molecular complexity index is 889. The van der Waals surface area contributed by atoms with Gasteiger partial charge in [0, 0.05) is 23.3 Å². The van der Waals surface area contributed by atoms with Gasteiger partial charge in [-0.1, -0.05) is 0 Å². The molecular formula is C19H29N5O3S2. The first kappa shape index (κ1) is 23.4. The predicted molar refractivity (Wildman–Crippen MR) is 116 cm³/mol. The molecule has 160 valence electrons. The van der Waals surface area contributed by atoms with E-state index < -0.39 is 16.6 Å². The first-order valence-corrected chi connectivity index (χ1v) is 11.4. The molecule has 0 aromatic carbocycles.